The van der Waals surface area contributed by atoms with Gasteiger partial charge in [0.15, 0.2) is 0 Å². The summed E-state index contributed by atoms with van der Waals surface area (Å²) in [6, 6.07) is 5.47. The van der Waals surface area contributed by atoms with Gasteiger partial charge in [0.25, 0.3) is 0 Å². The number of likely N-dealkylation sites (tertiary alicyclic amines) is 1. The zero-order valence-electron chi connectivity index (χ0n) is 23.5. The lowest BCUT2D eigenvalue weighted by Gasteiger charge is -2.51. The molecule has 40 heavy (non-hydrogen) atoms. The molecule has 1 aliphatic heterocycles. The summed E-state index contributed by atoms with van der Waals surface area (Å²) in [5, 5.41) is 17.4. The number of nitrogens with zero attached hydrogens (tertiary/aromatic N) is 1. The summed E-state index contributed by atoms with van der Waals surface area (Å²) in [5.41, 5.74) is -2.43. The third-order valence-electron chi connectivity index (χ3n) is 6.73. The number of aliphatic hydroxyl groups is 1. The molecule has 226 valence electrons. The molecule has 1 fully saturated rings. The number of hydrogen-bond acceptors (Lipinski definition) is 8. The molecule has 1 aromatic carbocycles. The largest absolute Gasteiger partial charge is 0.511 e. The molecule has 0 bridgehead atoms. The van der Waals surface area contributed by atoms with E-state index in [-0.39, 0.29) is 31.5 Å². The molecule has 0 spiro atoms. The van der Waals surface area contributed by atoms with Crippen LogP contribution < -0.4 is 10.6 Å². The average molecular weight is 608 g/mol. The Kier molecular flexibility index (Phi) is 11.0. The molecular weight excluding hydrogens is 569 g/mol. The van der Waals surface area contributed by atoms with E-state index in [1.54, 1.807) is 43.0 Å². The molecular formula is C25H39ClN3O10P. The van der Waals surface area contributed by atoms with Crippen LogP contribution in [-0.4, -0.2) is 76.0 Å². The standard InChI is InChI=1S/C25H39ClN3O10P/c1-16(2)19(28-21(31)27-13-24(5,6)39-22(32)37-15-38-40(34,35)36)20(30)29-12-11-25(33,23(3,4)14-29)17-7-9-18(26)10-8-17/h7-10,16,19,33H,11-15H2,1-6H3,(H2,27,28,31)(H2,34,35,36)/t19-,25+/m1/s1. The zero-order valence-corrected chi connectivity index (χ0v) is 25.1. The highest BCUT2D eigenvalue weighted by Crippen LogP contribution is 2.46. The average Bonchev–Trinajstić information content (AvgIpc) is 2.81. The Morgan fingerprint density at radius 1 is 1.18 bits per heavy atom. The van der Waals surface area contributed by atoms with Crippen molar-refractivity contribution in [2.45, 2.75) is 65.2 Å². The maximum Gasteiger partial charge on any atom is 0.511 e. The van der Waals surface area contributed by atoms with E-state index in [0.717, 1.165) is 5.56 Å². The van der Waals surface area contributed by atoms with Gasteiger partial charge in [0, 0.05) is 23.5 Å². The second kappa shape index (κ2) is 13.1. The van der Waals surface area contributed by atoms with Crippen molar-refractivity contribution in [3.63, 3.8) is 0 Å². The van der Waals surface area contributed by atoms with Crippen molar-refractivity contribution in [3.8, 4) is 0 Å². The molecule has 1 aliphatic rings. The zero-order chi connectivity index (χ0) is 30.5. The van der Waals surface area contributed by atoms with Crippen LogP contribution in [0.5, 0.6) is 0 Å². The Hall–Kier alpha value is -2.41. The summed E-state index contributed by atoms with van der Waals surface area (Å²) in [5.74, 6) is -0.549. The van der Waals surface area contributed by atoms with E-state index in [9.17, 15) is 24.1 Å². The minimum absolute atomic E-state index is 0.169. The van der Waals surface area contributed by atoms with E-state index < -0.39 is 49.5 Å². The summed E-state index contributed by atoms with van der Waals surface area (Å²) in [7, 11) is -4.82. The van der Waals surface area contributed by atoms with Gasteiger partial charge in [-0.05, 0) is 43.9 Å². The maximum atomic E-state index is 13.5. The van der Waals surface area contributed by atoms with Gasteiger partial charge < -0.3 is 39.9 Å². The number of carbonyl (C=O) groups excluding carboxylic acids is 3. The number of carbonyl (C=O) groups is 3. The fourth-order valence-electron chi connectivity index (χ4n) is 4.40. The molecule has 0 radical (unpaired) electrons. The van der Waals surface area contributed by atoms with Gasteiger partial charge in [0.1, 0.15) is 11.6 Å². The molecule has 2 atom stereocenters. The van der Waals surface area contributed by atoms with E-state index in [2.05, 4.69) is 19.9 Å². The van der Waals surface area contributed by atoms with Crippen LogP contribution in [0.15, 0.2) is 24.3 Å². The topological polar surface area (TPSA) is 184 Å². The number of ether oxygens (including phenoxy) is 2. The quantitative estimate of drug-likeness (QED) is 0.150. The van der Waals surface area contributed by atoms with Gasteiger partial charge in [-0.25, -0.2) is 18.7 Å². The monoisotopic (exact) mass is 607 g/mol. The summed E-state index contributed by atoms with van der Waals surface area (Å²) in [6.07, 6.45) is -0.965. The normalized spacial score (nSPS) is 20.0. The number of halogens is 1. The van der Waals surface area contributed by atoms with Crippen molar-refractivity contribution in [1.29, 1.82) is 0 Å². The predicted molar refractivity (Wildman–Crippen MR) is 145 cm³/mol. The van der Waals surface area contributed by atoms with Crippen molar-refractivity contribution >= 4 is 37.5 Å². The van der Waals surface area contributed by atoms with Crippen LogP contribution in [0.2, 0.25) is 5.02 Å². The van der Waals surface area contributed by atoms with Crippen LogP contribution in [0.4, 0.5) is 9.59 Å². The third kappa shape index (κ3) is 9.32. The van der Waals surface area contributed by atoms with Crippen molar-refractivity contribution in [2.75, 3.05) is 26.4 Å². The lowest BCUT2D eigenvalue weighted by atomic mass is 9.66. The summed E-state index contributed by atoms with van der Waals surface area (Å²) in [4.78, 5) is 56.8. The van der Waals surface area contributed by atoms with Gasteiger partial charge in [-0.3, -0.25) is 4.79 Å². The molecule has 1 heterocycles. The van der Waals surface area contributed by atoms with E-state index in [4.69, 9.17) is 26.1 Å². The van der Waals surface area contributed by atoms with Gasteiger partial charge in [-0.15, -0.1) is 0 Å². The first-order valence-electron chi connectivity index (χ1n) is 12.6. The van der Waals surface area contributed by atoms with E-state index in [1.807, 2.05) is 13.8 Å². The number of urea groups is 1. The Bertz CT molecular complexity index is 1110. The Labute approximate surface area is 238 Å². The van der Waals surface area contributed by atoms with Gasteiger partial charge in [0.05, 0.1) is 12.1 Å². The predicted octanol–water partition coefficient (Wildman–Crippen LogP) is 3.11. The number of piperidine rings is 1. The highest BCUT2D eigenvalue weighted by Gasteiger charge is 2.50. The van der Waals surface area contributed by atoms with E-state index >= 15 is 0 Å². The number of nitrogens with one attached hydrogen (secondary N) is 2. The Balaban J connectivity index is 1.96. The van der Waals surface area contributed by atoms with Crippen molar-refractivity contribution < 1.29 is 47.8 Å². The Morgan fingerprint density at radius 2 is 1.77 bits per heavy atom. The summed E-state index contributed by atoms with van der Waals surface area (Å²) in [6.45, 7) is 9.66. The summed E-state index contributed by atoms with van der Waals surface area (Å²) >= 11 is 6.01. The van der Waals surface area contributed by atoms with Gasteiger partial charge in [-0.1, -0.05) is 51.4 Å². The molecule has 1 aromatic rings. The van der Waals surface area contributed by atoms with Gasteiger partial charge in [0.2, 0.25) is 12.7 Å². The molecule has 0 aromatic heterocycles. The molecule has 5 N–H and O–H groups in total. The second-order valence-corrected chi connectivity index (χ2v) is 13.0. The molecule has 2 rings (SSSR count). The first-order valence-corrected chi connectivity index (χ1v) is 14.5. The fraction of sp³-hybridized carbons (Fsp3) is 0.640. The highest BCUT2D eigenvalue weighted by atomic mass is 35.5. The van der Waals surface area contributed by atoms with Crippen LogP contribution >= 0.6 is 19.4 Å². The number of hydrogen-bond donors (Lipinski definition) is 5. The lowest BCUT2D eigenvalue weighted by Crippen LogP contribution is -2.61. The third-order valence-corrected chi connectivity index (χ3v) is 7.43. The second-order valence-electron chi connectivity index (χ2n) is 11.3. The van der Waals surface area contributed by atoms with E-state index in [1.165, 1.54) is 13.8 Å². The lowest BCUT2D eigenvalue weighted by molar-refractivity contribution is -0.155. The molecule has 3 amide bonds. The Morgan fingerprint density at radius 3 is 2.30 bits per heavy atom. The van der Waals surface area contributed by atoms with Crippen molar-refractivity contribution in [1.82, 2.24) is 15.5 Å². The van der Waals surface area contributed by atoms with E-state index in [0.29, 0.717) is 11.4 Å². The van der Waals surface area contributed by atoms with Crippen LogP contribution in [0.25, 0.3) is 0 Å². The first-order chi connectivity index (χ1) is 18.3. The molecule has 0 saturated carbocycles. The fourth-order valence-corrected chi connectivity index (χ4v) is 4.72. The number of rotatable bonds is 10. The molecule has 1 saturated heterocycles. The SMILES string of the molecule is CC(C)[C@@H](NC(=O)NCC(C)(C)OC(=O)OCOP(=O)(O)O)C(=O)N1CC[C@](O)(c2ccc(Cl)cc2)C(C)(C)C1. The minimum atomic E-state index is -4.82. The van der Waals surface area contributed by atoms with Crippen LogP contribution in [-0.2, 0) is 29.0 Å². The van der Waals surface area contributed by atoms with Gasteiger partial charge >= 0.3 is 20.0 Å². The van der Waals surface area contributed by atoms with Crippen LogP contribution in [0.3, 0.4) is 0 Å². The highest BCUT2D eigenvalue weighted by molar-refractivity contribution is 7.46. The molecule has 15 heteroatoms. The number of phosphoric ester groups is 1. The van der Waals surface area contributed by atoms with Crippen LogP contribution in [0, 0.1) is 11.3 Å². The first kappa shape index (κ1) is 33.8. The van der Waals surface area contributed by atoms with Crippen molar-refractivity contribution in [3.05, 3.63) is 34.9 Å². The smallest absolute Gasteiger partial charge is 0.426 e. The number of benzene rings is 1. The maximum absolute atomic E-state index is 13.5. The number of phosphoric acid groups is 1. The minimum Gasteiger partial charge on any atom is -0.426 e. The molecule has 0 unspecified atom stereocenters. The van der Waals surface area contributed by atoms with Gasteiger partial charge in [-0.2, -0.15) is 0 Å². The van der Waals surface area contributed by atoms with Crippen LogP contribution in [0.1, 0.15) is 53.5 Å². The molecule has 13 nitrogen and oxygen atoms in total. The number of amides is 3. The summed E-state index contributed by atoms with van der Waals surface area (Å²) < 4.78 is 24.1. The van der Waals surface area contributed by atoms with Crippen molar-refractivity contribution in [2.24, 2.45) is 11.3 Å². The molecule has 0 aliphatic carbocycles.